The van der Waals surface area contributed by atoms with E-state index in [0.717, 1.165) is 37.7 Å². The van der Waals surface area contributed by atoms with Gasteiger partial charge in [-0.2, -0.15) is 0 Å². The van der Waals surface area contributed by atoms with Crippen LogP contribution in [-0.2, 0) is 13.0 Å². The molecule has 0 aromatic carbocycles. The van der Waals surface area contributed by atoms with Gasteiger partial charge in [-0.3, -0.25) is 4.68 Å². The Labute approximate surface area is 118 Å². The van der Waals surface area contributed by atoms with Crippen LogP contribution in [0.3, 0.4) is 0 Å². The molecule has 0 spiro atoms. The van der Waals surface area contributed by atoms with E-state index >= 15 is 0 Å². The van der Waals surface area contributed by atoms with Crippen molar-refractivity contribution in [1.82, 2.24) is 20.3 Å². The molecule has 19 heavy (non-hydrogen) atoms. The third kappa shape index (κ3) is 7.98. The van der Waals surface area contributed by atoms with E-state index < -0.39 is 0 Å². The highest BCUT2D eigenvalue weighted by Gasteiger charge is 2.02. The second kappa shape index (κ2) is 9.08. The van der Waals surface area contributed by atoms with Crippen molar-refractivity contribution in [1.29, 1.82) is 0 Å². The number of unbranched alkanes of at least 4 members (excludes halogenated alkanes) is 2. The third-order valence-corrected chi connectivity index (χ3v) is 2.98. The molecule has 0 atom stereocenters. The number of nitrogens with zero attached hydrogens (tertiary/aromatic N) is 3. The minimum absolute atomic E-state index is 0.626. The van der Waals surface area contributed by atoms with Crippen LogP contribution in [0.15, 0.2) is 6.20 Å². The van der Waals surface area contributed by atoms with Crippen molar-refractivity contribution >= 4 is 0 Å². The Hall–Kier alpha value is -0.900. The summed E-state index contributed by atoms with van der Waals surface area (Å²) in [6, 6.07) is 0. The van der Waals surface area contributed by atoms with E-state index in [1.54, 1.807) is 0 Å². The highest BCUT2D eigenvalue weighted by molar-refractivity contribution is 4.92. The van der Waals surface area contributed by atoms with Gasteiger partial charge < -0.3 is 5.32 Å². The van der Waals surface area contributed by atoms with Crippen molar-refractivity contribution in [3.63, 3.8) is 0 Å². The first-order chi connectivity index (χ1) is 9.08. The monoisotopic (exact) mass is 266 g/mol. The fourth-order valence-electron chi connectivity index (χ4n) is 2.04. The van der Waals surface area contributed by atoms with Gasteiger partial charge >= 0.3 is 0 Å². The minimum atomic E-state index is 0.626. The SMILES string of the molecule is CC(C)CNCCCCCc1cn(CC(C)C)nn1. The Bertz CT molecular complexity index is 331. The van der Waals surface area contributed by atoms with E-state index in [9.17, 15) is 0 Å². The molecule has 0 aliphatic rings. The predicted octanol–water partition coefficient (Wildman–Crippen LogP) is 2.89. The molecule has 0 radical (unpaired) electrons. The lowest BCUT2D eigenvalue weighted by Crippen LogP contribution is -2.20. The zero-order valence-electron chi connectivity index (χ0n) is 13.0. The standard InChI is InChI=1S/C15H30N4/c1-13(2)10-16-9-7-5-6-8-15-12-19(18-17-15)11-14(3)4/h12-14,16H,5-11H2,1-4H3. The first-order valence-electron chi connectivity index (χ1n) is 7.67. The van der Waals surface area contributed by atoms with Crippen molar-refractivity contribution in [2.24, 2.45) is 11.8 Å². The molecule has 110 valence electrons. The normalized spacial score (nSPS) is 11.7. The first-order valence-corrected chi connectivity index (χ1v) is 7.67. The lowest BCUT2D eigenvalue weighted by atomic mass is 10.1. The van der Waals surface area contributed by atoms with Crippen molar-refractivity contribution in [2.75, 3.05) is 13.1 Å². The van der Waals surface area contributed by atoms with Crippen LogP contribution < -0.4 is 5.32 Å². The summed E-state index contributed by atoms with van der Waals surface area (Å²) in [4.78, 5) is 0. The molecule has 0 saturated heterocycles. The van der Waals surface area contributed by atoms with Crippen molar-refractivity contribution < 1.29 is 0 Å². The number of hydrogen-bond acceptors (Lipinski definition) is 3. The molecule has 4 nitrogen and oxygen atoms in total. The Balaban J connectivity index is 2.04. The summed E-state index contributed by atoms with van der Waals surface area (Å²) in [5.74, 6) is 1.37. The van der Waals surface area contributed by atoms with E-state index in [2.05, 4.69) is 49.5 Å². The molecule has 1 rings (SSSR count). The maximum absolute atomic E-state index is 4.22. The molecule has 1 aromatic heterocycles. The maximum atomic E-state index is 4.22. The lowest BCUT2D eigenvalue weighted by Gasteiger charge is -2.06. The van der Waals surface area contributed by atoms with Gasteiger partial charge in [0.15, 0.2) is 0 Å². The summed E-state index contributed by atoms with van der Waals surface area (Å²) in [5.41, 5.74) is 1.13. The lowest BCUT2D eigenvalue weighted by molar-refractivity contribution is 0.472. The topological polar surface area (TPSA) is 42.7 Å². The van der Waals surface area contributed by atoms with E-state index in [4.69, 9.17) is 0 Å². The maximum Gasteiger partial charge on any atom is 0.0827 e. The van der Waals surface area contributed by atoms with Crippen molar-refractivity contribution in [3.05, 3.63) is 11.9 Å². The number of nitrogens with one attached hydrogen (secondary N) is 1. The van der Waals surface area contributed by atoms with E-state index in [1.165, 1.54) is 19.3 Å². The number of aromatic nitrogens is 3. The zero-order valence-corrected chi connectivity index (χ0v) is 13.0. The molecular formula is C15H30N4. The summed E-state index contributed by atoms with van der Waals surface area (Å²) in [7, 11) is 0. The van der Waals surface area contributed by atoms with Gasteiger partial charge in [0, 0.05) is 12.7 Å². The second-order valence-electron chi connectivity index (χ2n) is 6.23. The largest absolute Gasteiger partial charge is 0.316 e. The van der Waals surface area contributed by atoms with Crippen LogP contribution in [0.5, 0.6) is 0 Å². The van der Waals surface area contributed by atoms with Gasteiger partial charge in [-0.1, -0.05) is 39.3 Å². The highest BCUT2D eigenvalue weighted by atomic mass is 15.4. The molecule has 0 fully saturated rings. The van der Waals surface area contributed by atoms with E-state index in [-0.39, 0.29) is 0 Å². The first kappa shape index (κ1) is 16.2. The van der Waals surface area contributed by atoms with Gasteiger partial charge in [-0.25, -0.2) is 0 Å². The molecule has 0 unspecified atom stereocenters. The molecule has 0 aliphatic heterocycles. The summed E-state index contributed by atoms with van der Waals surface area (Å²) < 4.78 is 1.96. The second-order valence-corrected chi connectivity index (χ2v) is 6.23. The van der Waals surface area contributed by atoms with Crippen LogP contribution in [0.2, 0.25) is 0 Å². The van der Waals surface area contributed by atoms with Crippen molar-refractivity contribution in [2.45, 2.75) is 59.9 Å². The van der Waals surface area contributed by atoms with Crippen LogP contribution in [0, 0.1) is 11.8 Å². The van der Waals surface area contributed by atoms with Gasteiger partial charge in [-0.05, 0) is 44.2 Å². The molecule has 1 aromatic rings. The average molecular weight is 266 g/mol. The molecule has 0 aliphatic carbocycles. The zero-order chi connectivity index (χ0) is 14.1. The summed E-state index contributed by atoms with van der Waals surface area (Å²) in [6.07, 6.45) is 6.89. The van der Waals surface area contributed by atoms with Crippen LogP contribution in [0.1, 0.15) is 52.7 Å². The Morgan fingerprint density at radius 1 is 1.11 bits per heavy atom. The van der Waals surface area contributed by atoms with Crippen LogP contribution in [0.4, 0.5) is 0 Å². The van der Waals surface area contributed by atoms with Crippen LogP contribution in [-0.4, -0.2) is 28.1 Å². The van der Waals surface area contributed by atoms with Crippen LogP contribution >= 0.6 is 0 Å². The molecule has 1 heterocycles. The Morgan fingerprint density at radius 2 is 1.89 bits per heavy atom. The van der Waals surface area contributed by atoms with Crippen molar-refractivity contribution in [3.8, 4) is 0 Å². The van der Waals surface area contributed by atoms with E-state index in [1.807, 2.05) is 4.68 Å². The Morgan fingerprint density at radius 3 is 2.58 bits per heavy atom. The number of rotatable bonds is 10. The highest BCUT2D eigenvalue weighted by Crippen LogP contribution is 2.04. The Kier molecular flexibility index (Phi) is 7.72. The van der Waals surface area contributed by atoms with Gasteiger partial charge in [0.1, 0.15) is 0 Å². The molecule has 0 bridgehead atoms. The predicted molar refractivity (Wildman–Crippen MR) is 80.1 cm³/mol. The summed E-state index contributed by atoms with van der Waals surface area (Å²) in [6.45, 7) is 12.1. The smallest absolute Gasteiger partial charge is 0.0827 e. The van der Waals surface area contributed by atoms with Gasteiger partial charge in [0.2, 0.25) is 0 Å². The molecule has 4 heteroatoms. The minimum Gasteiger partial charge on any atom is -0.316 e. The summed E-state index contributed by atoms with van der Waals surface area (Å²) >= 11 is 0. The van der Waals surface area contributed by atoms with Crippen LogP contribution in [0.25, 0.3) is 0 Å². The van der Waals surface area contributed by atoms with Gasteiger partial charge in [-0.15, -0.1) is 5.10 Å². The fraction of sp³-hybridized carbons (Fsp3) is 0.867. The average Bonchev–Trinajstić information content (AvgIpc) is 2.74. The third-order valence-electron chi connectivity index (χ3n) is 2.98. The molecule has 0 saturated carbocycles. The molecule has 0 amide bonds. The molecule has 1 N–H and O–H groups in total. The summed E-state index contributed by atoms with van der Waals surface area (Å²) in [5, 5.41) is 11.9. The number of aryl methyl sites for hydroxylation is 1. The molecular weight excluding hydrogens is 236 g/mol. The van der Waals surface area contributed by atoms with Gasteiger partial charge in [0.25, 0.3) is 0 Å². The fourth-order valence-corrected chi connectivity index (χ4v) is 2.04. The van der Waals surface area contributed by atoms with Gasteiger partial charge in [0.05, 0.1) is 5.69 Å². The van der Waals surface area contributed by atoms with E-state index in [0.29, 0.717) is 5.92 Å². The number of hydrogen-bond donors (Lipinski definition) is 1. The quantitative estimate of drug-likeness (QED) is 0.662.